The monoisotopic (exact) mass is 492 g/mol. The average molecular weight is 493 g/mol. The van der Waals surface area contributed by atoms with E-state index in [0.29, 0.717) is 36.1 Å². The molecule has 2 unspecified atom stereocenters. The lowest BCUT2D eigenvalue weighted by Crippen LogP contribution is -2.53. The van der Waals surface area contributed by atoms with Crippen molar-refractivity contribution in [1.29, 1.82) is 0 Å². The minimum absolute atomic E-state index is 0.0414. The first-order valence-corrected chi connectivity index (χ1v) is 14.3. The maximum atomic E-state index is 13.6. The lowest BCUT2D eigenvalue weighted by molar-refractivity contribution is -0.137. The number of aromatic nitrogens is 4. The van der Waals surface area contributed by atoms with E-state index in [0.717, 1.165) is 42.6 Å². The summed E-state index contributed by atoms with van der Waals surface area (Å²) in [4.78, 5) is 19.3. The van der Waals surface area contributed by atoms with Gasteiger partial charge in [-0.05, 0) is 98.9 Å². The summed E-state index contributed by atoms with van der Waals surface area (Å²) in [5, 5.41) is 20.3. The van der Waals surface area contributed by atoms with Crippen molar-refractivity contribution in [2.75, 3.05) is 6.61 Å². The fourth-order valence-electron chi connectivity index (χ4n) is 10.4. The highest BCUT2D eigenvalue weighted by atomic mass is 16.5. The van der Waals surface area contributed by atoms with Gasteiger partial charge in [0.1, 0.15) is 17.6 Å². The molecule has 10 atom stereocenters. The largest absolute Gasteiger partial charge is 0.387 e. The molecule has 0 aliphatic heterocycles. The fraction of sp³-hybridized carbons (Fsp3) is 0.793. The smallest absolute Gasteiger partial charge is 0.159 e. The zero-order chi connectivity index (χ0) is 24.9. The molecule has 0 saturated heterocycles. The van der Waals surface area contributed by atoms with E-state index in [2.05, 4.69) is 29.0 Å². The van der Waals surface area contributed by atoms with Crippen LogP contribution in [0.3, 0.4) is 0 Å². The van der Waals surface area contributed by atoms with E-state index in [9.17, 15) is 9.90 Å². The number of fused-ring (bicyclic) bond motifs is 8. The molecule has 194 valence electrons. The normalized spacial score (nSPS) is 47.1. The van der Waals surface area contributed by atoms with E-state index in [1.54, 1.807) is 17.2 Å². The lowest BCUT2D eigenvalue weighted by Gasteiger charge is -2.59. The molecule has 5 aliphatic carbocycles. The van der Waals surface area contributed by atoms with Gasteiger partial charge in [0, 0.05) is 24.6 Å². The third-order valence-corrected chi connectivity index (χ3v) is 11.9. The maximum absolute atomic E-state index is 13.6. The Kier molecular flexibility index (Phi) is 5.06. The second-order valence-electron chi connectivity index (χ2n) is 13.2. The van der Waals surface area contributed by atoms with Gasteiger partial charge in [0.25, 0.3) is 0 Å². The molecular weight excluding hydrogens is 452 g/mol. The van der Waals surface area contributed by atoms with Crippen molar-refractivity contribution in [3.8, 4) is 0 Å². The van der Waals surface area contributed by atoms with E-state index >= 15 is 0 Å². The van der Waals surface area contributed by atoms with Crippen LogP contribution in [0.1, 0.15) is 72.1 Å². The summed E-state index contributed by atoms with van der Waals surface area (Å²) in [7, 11) is 0. The quantitative estimate of drug-likeness (QED) is 0.664. The number of nitrogens with zero attached hydrogens (tertiary/aromatic N) is 4. The number of hydrogen-bond donors (Lipinski definition) is 1. The second kappa shape index (κ2) is 7.83. The standard InChI is InChI=1S/C29H40N4O3/c1-4-36-26-25-28(3)12-8-17-18(20(28)9-13-29(25,26)35)7-11-27(2)19(17)5-6-21(27)24(34)16-33-31-22-10-14-30-15-23(22)32-33/h10,14-15,17-21,25-26,35H,4-9,11-13,16H2,1-3H3/t17-,18+,19+,20-,21-,25?,26?,27+,28-,29-/m1/s1. The minimum Gasteiger partial charge on any atom is -0.387 e. The van der Waals surface area contributed by atoms with Gasteiger partial charge in [0.15, 0.2) is 5.78 Å². The number of rotatable bonds is 5. The number of ketones is 1. The summed E-state index contributed by atoms with van der Waals surface area (Å²) in [6, 6.07) is 1.85. The molecule has 36 heavy (non-hydrogen) atoms. The van der Waals surface area contributed by atoms with Crippen molar-refractivity contribution in [2.24, 2.45) is 46.3 Å². The molecule has 7 nitrogen and oxygen atoms in total. The van der Waals surface area contributed by atoms with Gasteiger partial charge in [0.05, 0.1) is 17.9 Å². The molecule has 0 radical (unpaired) electrons. The molecule has 2 heterocycles. The Hall–Kier alpha value is -1.86. The Balaban J connectivity index is 1.09. The molecule has 0 spiro atoms. The Morgan fingerprint density at radius 1 is 1.03 bits per heavy atom. The first kappa shape index (κ1) is 23.3. The van der Waals surface area contributed by atoms with Crippen LogP contribution in [0.4, 0.5) is 0 Å². The summed E-state index contributed by atoms with van der Waals surface area (Å²) < 4.78 is 6.04. The average Bonchev–Trinajstić information content (AvgIpc) is 3.13. The molecule has 5 aliphatic rings. The Labute approximate surface area is 213 Å². The Morgan fingerprint density at radius 3 is 2.50 bits per heavy atom. The van der Waals surface area contributed by atoms with Crippen LogP contribution in [0, 0.1) is 46.3 Å². The van der Waals surface area contributed by atoms with Crippen LogP contribution < -0.4 is 0 Å². The number of aliphatic hydroxyl groups is 1. The van der Waals surface area contributed by atoms with Crippen LogP contribution in [-0.4, -0.2) is 49.2 Å². The number of pyridine rings is 1. The molecule has 5 fully saturated rings. The summed E-state index contributed by atoms with van der Waals surface area (Å²) in [6.07, 6.45) is 12.5. The summed E-state index contributed by atoms with van der Waals surface area (Å²) in [6.45, 7) is 7.88. The maximum Gasteiger partial charge on any atom is 0.159 e. The van der Waals surface area contributed by atoms with Crippen molar-refractivity contribution in [3.05, 3.63) is 18.5 Å². The summed E-state index contributed by atoms with van der Waals surface area (Å²) in [5.74, 6) is 3.47. The van der Waals surface area contributed by atoms with Gasteiger partial charge < -0.3 is 9.84 Å². The summed E-state index contributed by atoms with van der Waals surface area (Å²) in [5.41, 5.74) is 1.24. The molecule has 5 saturated carbocycles. The SMILES string of the molecule is CCOC1C2[C@]1(O)CC[C@@H]1[C@H]3CC[C@]4(C)[C@@H](C(=O)Cn5nc6ccncc6n5)CC[C@H]4[C@@H]3CC[C@@]21C. The third-order valence-electron chi connectivity index (χ3n) is 11.9. The van der Waals surface area contributed by atoms with Crippen LogP contribution in [0.15, 0.2) is 18.5 Å². The number of Topliss-reactive ketones (excluding diaryl/α,β-unsaturated/α-hetero) is 1. The first-order chi connectivity index (χ1) is 17.3. The van der Waals surface area contributed by atoms with Gasteiger partial charge in [-0.15, -0.1) is 0 Å². The van der Waals surface area contributed by atoms with Crippen LogP contribution >= 0.6 is 0 Å². The fourth-order valence-corrected chi connectivity index (χ4v) is 10.4. The Bertz CT molecular complexity index is 1170. The zero-order valence-electron chi connectivity index (χ0n) is 21.9. The topological polar surface area (TPSA) is 90.1 Å². The van der Waals surface area contributed by atoms with Crippen LogP contribution in [0.2, 0.25) is 0 Å². The van der Waals surface area contributed by atoms with Gasteiger partial charge in [-0.3, -0.25) is 9.78 Å². The number of carbonyl (C=O) groups is 1. The third kappa shape index (κ3) is 3.05. The van der Waals surface area contributed by atoms with Gasteiger partial charge in [-0.2, -0.15) is 15.0 Å². The lowest BCUT2D eigenvalue weighted by atomic mass is 9.46. The highest BCUT2D eigenvalue weighted by molar-refractivity contribution is 5.82. The summed E-state index contributed by atoms with van der Waals surface area (Å²) >= 11 is 0. The molecule has 0 bridgehead atoms. The van der Waals surface area contributed by atoms with Crippen LogP contribution in [0.5, 0.6) is 0 Å². The van der Waals surface area contributed by atoms with E-state index in [-0.39, 0.29) is 29.4 Å². The van der Waals surface area contributed by atoms with Crippen molar-refractivity contribution < 1.29 is 14.6 Å². The second-order valence-corrected chi connectivity index (χ2v) is 13.2. The first-order valence-electron chi connectivity index (χ1n) is 14.3. The zero-order valence-corrected chi connectivity index (χ0v) is 21.9. The van der Waals surface area contributed by atoms with Gasteiger partial charge >= 0.3 is 0 Å². The molecular formula is C29H40N4O3. The highest BCUT2D eigenvalue weighted by Crippen LogP contribution is 2.73. The van der Waals surface area contributed by atoms with E-state index in [1.165, 1.54) is 25.7 Å². The van der Waals surface area contributed by atoms with Crippen LogP contribution in [-0.2, 0) is 16.1 Å². The molecule has 7 heteroatoms. The van der Waals surface area contributed by atoms with Gasteiger partial charge in [0.2, 0.25) is 0 Å². The van der Waals surface area contributed by atoms with Crippen molar-refractivity contribution >= 4 is 16.8 Å². The predicted molar refractivity (Wildman–Crippen MR) is 135 cm³/mol. The van der Waals surface area contributed by atoms with Crippen LogP contribution in [0.25, 0.3) is 11.0 Å². The molecule has 1 N–H and O–H groups in total. The van der Waals surface area contributed by atoms with Crippen molar-refractivity contribution in [2.45, 2.75) is 90.4 Å². The van der Waals surface area contributed by atoms with E-state index in [4.69, 9.17) is 4.74 Å². The van der Waals surface area contributed by atoms with Crippen molar-refractivity contribution in [1.82, 2.24) is 20.0 Å². The van der Waals surface area contributed by atoms with Crippen molar-refractivity contribution in [3.63, 3.8) is 0 Å². The van der Waals surface area contributed by atoms with E-state index in [1.807, 2.05) is 13.0 Å². The van der Waals surface area contributed by atoms with E-state index < -0.39 is 5.60 Å². The molecule has 0 aromatic carbocycles. The molecule has 2 aromatic rings. The number of carbonyl (C=O) groups excluding carboxylic acids is 1. The molecule has 2 aromatic heterocycles. The number of ether oxygens (including phenoxy) is 1. The van der Waals surface area contributed by atoms with Gasteiger partial charge in [-0.25, -0.2) is 0 Å². The molecule has 7 rings (SSSR count). The Morgan fingerprint density at radius 2 is 1.75 bits per heavy atom. The number of hydrogen-bond acceptors (Lipinski definition) is 6. The predicted octanol–water partition coefficient (Wildman–Crippen LogP) is 4.43. The molecule has 0 amide bonds. The highest BCUT2D eigenvalue weighted by Gasteiger charge is 2.76. The van der Waals surface area contributed by atoms with Gasteiger partial charge in [-0.1, -0.05) is 13.8 Å². The minimum atomic E-state index is -0.580.